The fraction of sp³-hybridized carbons (Fsp3) is 0.923. The molecule has 2 rings (SSSR count). The van der Waals surface area contributed by atoms with Gasteiger partial charge in [-0.25, -0.2) is 8.78 Å². The van der Waals surface area contributed by atoms with E-state index in [0.717, 1.165) is 13.0 Å². The lowest BCUT2D eigenvalue weighted by atomic mass is 9.85. The number of nitrogens with zero attached hydrogens (tertiary/aromatic N) is 1. The Morgan fingerprint density at radius 1 is 1.22 bits per heavy atom. The van der Waals surface area contributed by atoms with Gasteiger partial charge in [-0.3, -0.25) is 4.99 Å². The van der Waals surface area contributed by atoms with E-state index in [0.29, 0.717) is 24.7 Å². The summed E-state index contributed by atoms with van der Waals surface area (Å²) in [5, 5.41) is 2.86. The molecular weight excluding hydrogens is 236 g/mol. The van der Waals surface area contributed by atoms with Gasteiger partial charge in [0.25, 0.3) is 5.92 Å². The first-order valence-corrected chi connectivity index (χ1v) is 6.99. The second-order valence-electron chi connectivity index (χ2n) is 5.61. The summed E-state index contributed by atoms with van der Waals surface area (Å²) >= 11 is 0. The fourth-order valence-corrected chi connectivity index (χ4v) is 2.60. The van der Waals surface area contributed by atoms with Crippen molar-refractivity contribution >= 4 is 5.96 Å². The van der Waals surface area contributed by atoms with Gasteiger partial charge < -0.3 is 11.1 Å². The van der Waals surface area contributed by atoms with Gasteiger partial charge in [-0.1, -0.05) is 12.8 Å². The summed E-state index contributed by atoms with van der Waals surface area (Å²) in [4.78, 5) is 4.22. The van der Waals surface area contributed by atoms with Gasteiger partial charge in [0.05, 0.1) is 0 Å². The maximum Gasteiger partial charge on any atom is 0.252 e. The van der Waals surface area contributed by atoms with Crippen LogP contribution in [0, 0.1) is 11.8 Å². The second kappa shape index (κ2) is 5.85. The maximum atomic E-state index is 13.6. The van der Waals surface area contributed by atoms with Gasteiger partial charge >= 0.3 is 0 Å². The van der Waals surface area contributed by atoms with E-state index in [4.69, 9.17) is 5.73 Å². The summed E-state index contributed by atoms with van der Waals surface area (Å²) in [6.07, 6.45) is 5.83. The zero-order valence-electron chi connectivity index (χ0n) is 10.8. The Balaban J connectivity index is 1.72. The van der Waals surface area contributed by atoms with Gasteiger partial charge in [-0.15, -0.1) is 0 Å². The maximum absolute atomic E-state index is 13.6. The molecule has 0 aromatic heterocycles. The molecule has 0 amide bonds. The number of aliphatic imine (C=N–C) groups is 1. The number of hydrogen-bond donors (Lipinski definition) is 2. The Morgan fingerprint density at radius 2 is 2.00 bits per heavy atom. The van der Waals surface area contributed by atoms with Crippen molar-refractivity contribution in [1.82, 2.24) is 5.32 Å². The predicted molar refractivity (Wildman–Crippen MR) is 68.7 cm³/mol. The third kappa shape index (κ3) is 3.56. The van der Waals surface area contributed by atoms with Gasteiger partial charge in [0.1, 0.15) is 0 Å². The Bertz CT molecular complexity index is 301. The van der Waals surface area contributed by atoms with Crippen LogP contribution in [-0.2, 0) is 0 Å². The van der Waals surface area contributed by atoms with Crippen LogP contribution in [0.2, 0.25) is 0 Å². The third-order valence-corrected chi connectivity index (χ3v) is 4.18. The van der Waals surface area contributed by atoms with Crippen LogP contribution in [0.1, 0.15) is 44.9 Å². The molecule has 0 saturated heterocycles. The Morgan fingerprint density at radius 3 is 2.61 bits per heavy atom. The number of halogens is 2. The van der Waals surface area contributed by atoms with Crippen molar-refractivity contribution in [3.63, 3.8) is 0 Å². The summed E-state index contributed by atoms with van der Waals surface area (Å²) in [6, 6.07) is 0. The van der Waals surface area contributed by atoms with Crippen molar-refractivity contribution < 1.29 is 8.78 Å². The van der Waals surface area contributed by atoms with Crippen molar-refractivity contribution in [2.75, 3.05) is 13.1 Å². The number of hydrogen-bond acceptors (Lipinski definition) is 1. The molecule has 0 spiro atoms. The molecule has 0 aromatic carbocycles. The molecule has 5 heteroatoms. The molecule has 0 radical (unpaired) electrons. The van der Waals surface area contributed by atoms with Crippen molar-refractivity contribution in [3.05, 3.63) is 0 Å². The number of rotatable bonds is 4. The molecule has 104 valence electrons. The van der Waals surface area contributed by atoms with Crippen LogP contribution >= 0.6 is 0 Å². The first kappa shape index (κ1) is 13.6. The van der Waals surface area contributed by atoms with E-state index in [1.807, 2.05) is 0 Å². The smallest absolute Gasteiger partial charge is 0.252 e. The van der Waals surface area contributed by atoms with Crippen LogP contribution in [0.15, 0.2) is 4.99 Å². The molecule has 1 unspecified atom stereocenters. The summed E-state index contributed by atoms with van der Waals surface area (Å²) in [5.41, 5.74) is 5.70. The van der Waals surface area contributed by atoms with Gasteiger partial charge in [0.2, 0.25) is 0 Å². The second-order valence-corrected chi connectivity index (χ2v) is 5.61. The fourth-order valence-electron chi connectivity index (χ4n) is 2.60. The highest BCUT2D eigenvalue weighted by Gasteiger charge is 2.40. The first-order valence-electron chi connectivity index (χ1n) is 6.99. The number of nitrogens with two attached hydrogens (primary N) is 1. The highest BCUT2D eigenvalue weighted by molar-refractivity contribution is 5.77. The molecule has 2 fully saturated rings. The molecular formula is C13H23F2N3. The summed E-state index contributed by atoms with van der Waals surface area (Å²) in [7, 11) is 0. The number of guanidine groups is 1. The SMILES string of the molecule is NC(=NCC1CCC1)NCC1CCCCC1(F)F. The topological polar surface area (TPSA) is 50.4 Å². The molecule has 2 saturated carbocycles. The quantitative estimate of drug-likeness (QED) is 0.602. The van der Waals surface area contributed by atoms with Crippen LogP contribution in [0.25, 0.3) is 0 Å². The minimum atomic E-state index is -2.54. The van der Waals surface area contributed by atoms with Crippen molar-refractivity contribution in [2.45, 2.75) is 50.9 Å². The summed E-state index contributed by atoms with van der Waals surface area (Å²) in [5.74, 6) is -2.16. The molecule has 18 heavy (non-hydrogen) atoms. The van der Waals surface area contributed by atoms with Crippen LogP contribution in [0.5, 0.6) is 0 Å². The lowest BCUT2D eigenvalue weighted by Gasteiger charge is -2.31. The zero-order valence-corrected chi connectivity index (χ0v) is 10.8. The van der Waals surface area contributed by atoms with E-state index < -0.39 is 11.8 Å². The Labute approximate surface area is 107 Å². The van der Waals surface area contributed by atoms with E-state index in [-0.39, 0.29) is 13.0 Å². The van der Waals surface area contributed by atoms with E-state index >= 15 is 0 Å². The molecule has 0 bridgehead atoms. The van der Waals surface area contributed by atoms with Gasteiger partial charge in [0.15, 0.2) is 5.96 Å². The molecule has 3 nitrogen and oxygen atoms in total. The third-order valence-electron chi connectivity index (χ3n) is 4.18. The van der Waals surface area contributed by atoms with Crippen LogP contribution in [0.4, 0.5) is 8.78 Å². The normalized spacial score (nSPS) is 28.8. The molecule has 0 aromatic rings. The Hall–Kier alpha value is -0.870. The number of nitrogens with one attached hydrogen (secondary N) is 1. The molecule has 3 N–H and O–H groups in total. The monoisotopic (exact) mass is 259 g/mol. The standard InChI is InChI=1S/C13H23F2N3/c14-13(15)7-2-1-6-11(13)9-18-12(16)17-8-10-4-3-5-10/h10-11H,1-9H2,(H3,16,17,18). The zero-order chi connectivity index (χ0) is 13.0. The van der Waals surface area contributed by atoms with Gasteiger partial charge in [0, 0.05) is 25.4 Å². The van der Waals surface area contributed by atoms with E-state index in [1.165, 1.54) is 19.3 Å². The molecule has 1 atom stereocenters. The minimum Gasteiger partial charge on any atom is -0.370 e. The van der Waals surface area contributed by atoms with Crippen molar-refractivity contribution in [2.24, 2.45) is 22.6 Å². The van der Waals surface area contributed by atoms with Gasteiger partial charge in [-0.05, 0) is 31.6 Å². The van der Waals surface area contributed by atoms with Crippen LogP contribution < -0.4 is 11.1 Å². The summed E-state index contributed by atoms with van der Waals surface area (Å²) in [6.45, 7) is 0.979. The van der Waals surface area contributed by atoms with Crippen LogP contribution in [0.3, 0.4) is 0 Å². The first-order chi connectivity index (χ1) is 8.58. The summed E-state index contributed by atoms with van der Waals surface area (Å²) < 4.78 is 27.2. The lowest BCUT2D eigenvalue weighted by Crippen LogP contribution is -2.43. The van der Waals surface area contributed by atoms with Crippen LogP contribution in [-0.4, -0.2) is 25.0 Å². The lowest BCUT2D eigenvalue weighted by molar-refractivity contribution is -0.0830. The molecule has 0 heterocycles. The number of alkyl halides is 2. The average Bonchev–Trinajstić information content (AvgIpc) is 2.25. The largest absolute Gasteiger partial charge is 0.370 e. The molecule has 2 aliphatic carbocycles. The predicted octanol–water partition coefficient (Wildman–Crippen LogP) is 2.52. The molecule has 2 aliphatic rings. The molecule has 0 aliphatic heterocycles. The minimum absolute atomic E-state index is 0.0124. The highest BCUT2D eigenvalue weighted by Crippen LogP contribution is 2.37. The van der Waals surface area contributed by atoms with Crippen molar-refractivity contribution in [3.8, 4) is 0 Å². The van der Waals surface area contributed by atoms with E-state index in [2.05, 4.69) is 10.3 Å². The van der Waals surface area contributed by atoms with Gasteiger partial charge in [-0.2, -0.15) is 0 Å². The Kier molecular flexibility index (Phi) is 4.40. The highest BCUT2D eigenvalue weighted by atomic mass is 19.3. The average molecular weight is 259 g/mol. The van der Waals surface area contributed by atoms with E-state index in [1.54, 1.807) is 0 Å². The van der Waals surface area contributed by atoms with Crippen molar-refractivity contribution in [1.29, 1.82) is 0 Å². The van der Waals surface area contributed by atoms with E-state index in [9.17, 15) is 8.78 Å².